The molecule has 7 aliphatic heterocycles. The molecule has 0 aromatic heterocycles. The van der Waals surface area contributed by atoms with E-state index >= 15 is 4.79 Å². The van der Waals surface area contributed by atoms with Crippen LogP contribution in [0.25, 0.3) is 33.0 Å². The standard InChI is InChI=1S/C47H24B2N4O/c54-47-52-36-21-9-19-34-43(36)48-39-28(15-7-17-32(39)50(34)26-11-3-1-4-12-26)30-23-25-24-31-29-16-8-18-33-40(29)49-42(31)46(38(25)45(52)41(30)48)53(47)37-22-10-20-35(44(37)49)51(33)27-13-5-2-6-14-27/h1-24H. The van der Waals surface area contributed by atoms with E-state index in [0.29, 0.717) is 0 Å². The van der Waals surface area contributed by atoms with Gasteiger partial charge in [-0.05, 0) is 133 Å². The second-order valence-electron chi connectivity index (χ2n) is 15.5. The number of carbonyl (C=O) groups is 1. The van der Waals surface area contributed by atoms with E-state index in [-0.39, 0.29) is 19.5 Å². The van der Waals surface area contributed by atoms with Crippen LogP contribution in [0.5, 0.6) is 0 Å². The molecule has 54 heavy (non-hydrogen) atoms. The summed E-state index contributed by atoms with van der Waals surface area (Å²) in [6, 6.07) is 52.9. The van der Waals surface area contributed by atoms with E-state index in [1.54, 1.807) is 0 Å². The zero-order valence-corrected chi connectivity index (χ0v) is 28.7. The topological polar surface area (TPSA) is 30.0 Å². The largest absolute Gasteiger partial charge is 0.338 e. The van der Waals surface area contributed by atoms with Crippen LogP contribution in [0.15, 0.2) is 146 Å². The number of hydrogen-bond acceptors (Lipinski definition) is 3. The van der Waals surface area contributed by atoms with Gasteiger partial charge in [0.2, 0.25) is 0 Å². The molecule has 7 heteroatoms. The number of rotatable bonds is 2. The molecule has 2 amide bonds. The average molecular weight is 682 g/mol. The van der Waals surface area contributed by atoms with Gasteiger partial charge in [-0.3, -0.25) is 9.80 Å². The molecular formula is C47H24B2N4O. The lowest BCUT2D eigenvalue weighted by atomic mass is 9.34. The number of amides is 2. The zero-order chi connectivity index (χ0) is 34.7. The fraction of sp³-hybridized carbons (Fsp3) is 0. The first-order valence-electron chi connectivity index (χ1n) is 18.8. The van der Waals surface area contributed by atoms with Gasteiger partial charge in [-0.15, -0.1) is 0 Å². The number of fused-ring (bicyclic) bond motifs is 4. The maximum atomic E-state index is 15.9. The summed E-state index contributed by atoms with van der Waals surface area (Å²) in [5, 5.41) is 2.38. The highest BCUT2D eigenvalue weighted by Crippen LogP contribution is 2.56. The first-order valence-corrected chi connectivity index (χ1v) is 18.8. The van der Waals surface area contributed by atoms with Crippen LogP contribution in [0.1, 0.15) is 0 Å². The zero-order valence-electron chi connectivity index (χ0n) is 28.7. The maximum absolute atomic E-state index is 15.9. The molecular weight excluding hydrogens is 658 g/mol. The lowest BCUT2D eigenvalue weighted by Crippen LogP contribution is -2.65. The number of nitrogens with zero attached hydrogens (tertiary/aromatic N) is 4. The van der Waals surface area contributed by atoms with Crippen LogP contribution in [0.3, 0.4) is 0 Å². The maximum Gasteiger partial charge on any atom is 0.338 e. The van der Waals surface area contributed by atoms with E-state index in [1.807, 2.05) is 0 Å². The molecule has 0 unspecified atom stereocenters. The van der Waals surface area contributed by atoms with Crippen molar-refractivity contribution in [3.63, 3.8) is 0 Å². The Kier molecular flexibility index (Phi) is 4.27. The minimum absolute atomic E-state index is 0.00896. The van der Waals surface area contributed by atoms with Crippen LogP contribution in [0.4, 0.5) is 61.7 Å². The van der Waals surface area contributed by atoms with Gasteiger partial charge in [0, 0.05) is 50.9 Å². The van der Waals surface area contributed by atoms with E-state index in [2.05, 4.69) is 165 Å². The van der Waals surface area contributed by atoms with Crippen LogP contribution in [-0.2, 0) is 0 Å². The lowest BCUT2D eigenvalue weighted by molar-refractivity contribution is 0.255. The highest BCUT2D eigenvalue weighted by molar-refractivity contribution is 7.05. The van der Waals surface area contributed by atoms with Gasteiger partial charge in [0.15, 0.2) is 0 Å². The van der Waals surface area contributed by atoms with Gasteiger partial charge in [0.05, 0.1) is 11.4 Å². The van der Waals surface area contributed by atoms with Gasteiger partial charge in [0.25, 0.3) is 13.4 Å². The average Bonchev–Trinajstić information content (AvgIpc) is 3.74. The van der Waals surface area contributed by atoms with Crippen LogP contribution in [0, 0.1) is 0 Å². The monoisotopic (exact) mass is 682 g/mol. The Hall–Kier alpha value is -6.98. The minimum atomic E-state index is -0.00896. The van der Waals surface area contributed by atoms with E-state index in [1.165, 1.54) is 77.2 Å². The molecule has 244 valence electrons. The van der Waals surface area contributed by atoms with Crippen molar-refractivity contribution < 1.29 is 4.79 Å². The smallest absolute Gasteiger partial charge is 0.311 e. The van der Waals surface area contributed by atoms with Crippen LogP contribution in [-0.4, -0.2) is 19.5 Å². The summed E-state index contributed by atoms with van der Waals surface area (Å²) in [5.41, 5.74) is 23.7. The van der Waals surface area contributed by atoms with Crippen molar-refractivity contribution in [2.24, 2.45) is 0 Å². The van der Waals surface area contributed by atoms with Gasteiger partial charge in [-0.1, -0.05) is 72.8 Å². The Labute approximate surface area is 311 Å². The molecule has 0 aliphatic carbocycles. The highest BCUT2D eigenvalue weighted by atomic mass is 16.2. The highest BCUT2D eigenvalue weighted by Gasteiger charge is 2.57. The number of carbonyl (C=O) groups excluding carboxylic acids is 1. The Morgan fingerprint density at radius 2 is 0.741 bits per heavy atom. The van der Waals surface area contributed by atoms with Gasteiger partial charge in [0.1, 0.15) is 0 Å². The normalized spacial score (nSPS) is 15.6. The third-order valence-corrected chi connectivity index (χ3v) is 13.4. The SMILES string of the molecule is O=C1N2c3cccc4c3B3c5c(cccc5N4c4ccccc4)-c4cc5cc6c7c(c5c2c43)N1c1cccc2c1B7c1c-6cccc1N2c1ccccc1. The molecule has 0 atom stereocenters. The van der Waals surface area contributed by atoms with Gasteiger partial charge in [-0.25, -0.2) is 4.79 Å². The fourth-order valence-electron chi connectivity index (χ4n) is 11.7. The summed E-state index contributed by atoms with van der Waals surface area (Å²) in [6.45, 7) is 0.0985. The Bertz CT molecular complexity index is 2970. The van der Waals surface area contributed by atoms with Crippen molar-refractivity contribution in [3.8, 4) is 22.3 Å². The summed E-state index contributed by atoms with van der Waals surface area (Å²) in [4.78, 5) is 24.9. The third-order valence-electron chi connectivity index (χ3n) is 13.4. The number of para-hydroxylation sites is 2. The molecule has 15 rings (SSSR count). The minimum Gasteiger partial charge on any atom is -0.311 e. The van der Waals surface area contributed by atoms with Gasteiger partial charge >= 0.3 is 6.03 Å². The van der Waals surface area contributed by atoms with Crippen LogP contribution >= 0.6 is 0 Å². The Morgan fingerprint density at radius 1 is 0.352 bits per heavy atom. The van der Waals surface area contributed by atoms with Crippen molar-refractivity contribution in [3.05, 3.63) is 146 Å². The number of anilines is 10. The second-order valence-corrected chi connectivity index (χ2v) is 15.5. The van der Waals surface area contributed by atoms with Crippen molar-refractivity contribution in [1.29, 1.82) is 0 Å². The van der Waals surface area contributed by atoms with Crippen molar-refractivity contribution in [1.82, 2.24) is 0 Å². The number of benzene rings is 8. The van der Waals surface area contributed by atoms with E-state index in [9.17, 15) is 0 Å². The van der Waals surface area contributed by atoms with Crippen molar-refractivity contribution in [2.75, 3.05) is 19.6 Å². The van der Waals surface area contributed by atoms with E-state index in [0.717, 1.165) is 45.5 Å². The predicted molar refractivity (Wildman–Crippen MR) is 223 cm³/mol. The van der Waals surface area contributed by atoms with Gasteiger partial charge < -0.3 is 9.80 Å². The molecule has 8 aromatic carbocycles. The second kappa shape index (κ2) is 8.62. The molecule has 7 heterocycles. The van der Waals surface area contributed by atoms with Crippen molar-refractivity contribution in [2.45, 2.75) is 0 Å². The summed E-state index contributed by atoms with van der Waals surface area (Å²) < 4.78 is 0. The summed E-state index contributed by atoms with van der Waals surface area (Å²) in [5.74, 6) is 0. The molecule has 7 aliphatic rings. The lowest BCUT2D eigenvalue weighted by Gasteiger charge is -2.48. The summed E-state index contributed by atoms with van der Waals surface area (Å²) >= 11 is 0. The van der Waals surface area contributed by atoms with Crippen molar-refractivity contribution >= 4 is 120 Å². The molecule has 5 nitrogen and oxygen atoms in total. The molecule has 0 saturated heterocycles. The first kappa shape index (κ1) is 26.7. The Balaban J connectivity index is 1.11. The molecule has 8 aromatic rings. The number of hydrogen-bond donors (Lipinski definition) is 0. The first-order chi connectivity index (χ1) is 26.8. The number of urea groups is 1. The molecule has 0 N–H and O–H groups in total. The summed E-state index contributed by atoms with van der Waals surface area (Å²) in [6.07, 6.45) is 0. The predicted octanol–water partition coefficient (Wildman–Crippen LogP) is 7.44. The quantitative estimate of drug-likeness (QED) is 0.178. The summed E-state index contributed by atoms with van der Waals surface area (Å²) in [7, 11) is 0. The van der Waals surface area contributed by atoms with E-state index < -0.39 is 0 Å². The molecule has 0 saturated carbocycles. The Morgan fingerprint density at radius 3 is 1.19 bits per heavy atom. The van der Waals surface area contributed by atoms with Gasteiger partial charge in [-0.2, -0.15) is 0 Å². The molecule has 0 bridgehead atoms. The van der Waals surface area contributed by atoms with Crippen LogP contribution in [0.2, 0.25) is 0 Å². The molecule has 0 fully saturated rings. The van der Waals surface area contributed by atoms with E-state index in [4.69, 9.17) is 0 Å². The fourth-order valence-corrected chi connectivity index (χ4v) is 11.7. The van der Waals surface area contributed by atoms with Crippen LogP contribution < -0.4 is 52.4 Å². The molecule has 0 spiro atoms. The third kappa shape index (κ3) is 2.66. The molecule has 0 radical (unpaired) electrons.